The molecule has 0 aliphatic heterocycles. The quantitative estimate of drug-likeness (QED) is 0.407. The molecule has 4 rings (SSSR count). The van der Waals surface area contributed by atoms with Gasteiger partial charge in [0.05, 0.1) is 17.4 Å². The summed E-state index contributed by atoms with van der Waals surface area (Å²) in [5.41, 5.74) is 0.190. The Morgan fingerprint density at radius 3 is 2.41 bits per heavy atom. The van der Waals surface area contributed by atoms with Crippen molar-refractivity contribution in [2.75, 3.05) is 11.6 Å². The van der Waals surface area contributed by atoms with Crippen LogP contribution in [0.3, 0.4) is 0 Å². The van der Waals surface area contributed by atoms with E-state index in [1.165, 1.54) is 0 Å². The van der Waals surface area contributed by atoms with Crippen molar-refractivity contribution in [3.63, 3.8) is 0 Å². The summed E-state index contributed by atoms with van der Waals surface area (Å²) >= 11 is 0. The zero-order valence-corrected chi connectivity index (χ0v) is 20.0. The maximum absolute atomic E-state index is 13.0. The molecule has 3 aromatic rings. The Hall–Kier alpha value is -3.55. The zero-order chi connectivity index (χ0) is 24.2. The molecule has 2 aromatic carbocycles. The lowest BCUT2D eigenvalue weighted by molar-refractivity contribution is -0.163. The minimum atomic E-state index is -0.943. The van der Waals surface area contributed by atoms with Crippen LogP contribution < -0.4 is 10.3 Å². The average molecular weight is 465 g/mol. The molecule has 1 fully saturated rings. The number of alkyl carbamates (subject to hydrolysis) is 1. The van der Waals surface area contributed by atoms with Gasteiger partial charge in [0.25, 0.3) is 0 Å². The Morgan fingerprint density at radius 2 is 1.71 bits per heavy atom. The number of esters is 1. The summed E-state index contributed by atoms with van der Waals surface area (Å²) in [6.45, 7) is 5.04. The summed E-state index contributed by atoms with van der Waals surface area (Å²) < 4.78 is 11.4. The molecule has 0 atom stereocenters. The van der Waals surface area contributed by atoms with Crippen LogP contribution in [-0.4, -0.2) is 39.8 Å². The fourth-order valence-electron chi connectivity index (χ4n) is 4.37. The molecule has 1 amide bonds. The summed E-state index contributed by atoms with van der Waals surface area (Å²) in [6.07, 6.45) is 5.35. The van der Waals surface area contributed by atoms with Crippen molar-refractivity contribution in [1.82, 2.24) is 15.2 Å². The van der Waals surface area contributed by atoms with E-state index in [1.807, 2.05) is 70.6 Å². The number of benzene rings is 2. The van der Waals surface area contributed by atoms with Crippen molar-refractivity contribution in [1.29, 1.82) is 0 Å². The fraction of sp³-hybridized carbons (Fsp3) is 0.423. The molecule has 8 nitrogen and oxygen atoms in total. The number of anilines is 1. The molecule has 0 bridgehead atoms. The fourth-order valence-corrected chi connectivity index (χ4v) is 4.37. The highest BCUT2D eigenvalue weighted by Crippen LogP contribution is 2.39. The van der Waals surface area contributed by atoms with Crippen LogP contribution in [-0.2, 0) is 14.3 Å². The first-order valence-electron chi connectivity index (χ1n) is 11.7. The van der Waals surface area contributed by atoms with Crippen LogP contribution in [0, 0.1) is 0 Å². The largest absolute Gasteiger partial charge is 0.444 e. The predicted molar refractivity (Wildman–Crippen MR) is 130 cm³/mol. The minimum Gasteiger partial charge on any atom is -0.444 e. The van der Waals surface area contributed by atoms with E-state index in [2.05, 4.69) is 10.4 Å². The molecule has 0 saturated heterocycles. The highest BCUT2D eigenvalue weighted by molar-refractivity contribution is 5.80. The van der Waals surface area contributed by atoms with Crippen LogP contribution in [0.1, 0.15) is 52.9 Å². The molecule has 1 aliphatic rings. The van der Waals surface area contributed by atoms with E-state index in [0.717, 1.165) is 35.9 Å². The van der Waals surface area contributed by atoms with E-state index >= 15 is 0 Å². The standard InChI is InChI=1S/C26H32N4O4/c1-25(2,3)34-24(32)27-19-23(31)33-26(16-10-5-11-17-26)29(21-13-6-4-7-14-21)30-22-15-9-8-12-20(22)18-28-30/h4,6-9,12-15,18H,5,10-11,16-17,19H2,1-3H3,(H,27,32). The highest BCUT2D eigenvalue weighted by atomic mass is 16.6. The number of amides is 1. The molecule has 1 saturated carbocycles. The number of hydrogen-bond acceptors (Lipinski definition) is 6. The van der Waals surface area contributed by atoms with Crippen molar-refractivity contribution in [3.05, 3.63) is 60.8 Å². The molecular weight excluding hydrogens is 432 g/mol. The normalized spacial score (nSPS) is 15.5. The number of hydrogen-bond donors (Lipinski definition) is 1. The number of carbonyl (C=O) groups excluding carboxylic acids is 2. The van der Waals surface area contributed by atoms with Crippen molar-refractivity contribution in [2.45, 2.75) is 64.2 Å². The third kappa shape index (κ3) is 5.32. The van der Waals surface area contributed by atoms with Gasteiger partial charge in [-0.15, -0.1) is 0 Å². The first-order valence-corrected chi connectivity index (χ1v) is 11.7. The highest BCUT2D eigenvalue weighted by Gasteiger charge is 2.44. The smallest absolute Gasteiger partial charge is 0.408 e. The molecule has 34 heavy (non-hydrogen) atoms. The monoisotopic (exact) mass is 464 g/mol. The molecule has 0 radical (unpaired) electrons. The summed E-state index contributed by atoms with van der Waals surface area (Å²) in [5, 5.41) is 10.2. The van der Waals surface area contributed by atoms with Crippen LogP contribution in [0.25, 0.3) is 10.9 Å². The molecule has 1 aliphatic carbocycles. The number of para-hydroxylation sites is 2. The van der Waals surface area contributed by atoms with Gasteiger partial charge in [0.15, 0.2) is 0 Å². The lowest BCUT2D eigenvalue weighted by atomic mass is 9.90. The maximum Gasteiger partial charge on any atom is 0.408 e. The number of rotatable bonds is 6. The third-order valence-electron chi connectivity index (χ3n) is 5.75. The molecule has 1 heterocycles. The van der Waals surface area contributed by atoms with E-state index < -0.39 is 23.4 Å². The zero-order valence-electron chi connectivity index (χ0n) is 20.0. The first kappa shape index (κ1) is 23.6. The van der Waals surface area contributed by atoms with Gasteiger partial charge in [-0.1, -0.05) is 42.8 Å². The topological polar surface area (TPSA) is 85.7 Å². The van der Waals surface area contributed by atoms with Crippen LogP contribution in [0.15, 0.2) is 60.8 Å². The summed E-state index contributed by atoms with van der Waals surface area (Å²) in [7, 11) is 0. The lowest BCUT2D eigenvalue weighted by Crippen LogP contribution is -2.57. The molecular formula is C26H32N4O4. The van der Waals surface area contributed by atoms with Crippen molar-refractivity contribution in [3.8, 4) is 0 Å². The van der Waals surface area contributed by atoms with Gasteiger partial charge in [-0.05, 0) is 51.8 Å². The van der Waals surface area contributed by atoms with E-state index in [-0.39, 0.29) is 6.54 Å². The van der Waals surface area contributed by atoms with Crippen molar-refractivity contribution >= 4 is 28.7 Å². The Balaban J connectivity index is 1.66. The predicted octanol–water partition coefficient (Wildman–Crippen LogP) is 5.03. The molecule has 0 unspecified atom stereocenters. The van der Waals surface area contributed by atoms with Crippen LogP contribution in [0.4, 0.5) is 10.5 Å². The second-order valence-electron chi connectivity index (χ2n) is 9.58. The molecule has 1 aromatic heterocycles. The number of ether oxygens (including phenoxy) is 2. The van der Waals surface area contributed by atoms with Gasteiger partial charge in [-0.25, -0.2) is 9.80 Å². The van der Waals surface area contributed by atoms with Crippen LogP contribution in [0.5, 0.6) is 0 Å². The number of fused-ring (bicyclic) bond motifs is 1. The summed E-state index contributed by atoms with van der Waals surface area (Å²) in [4.78, 5) is 26.9. The van der Waals surface area contributed by atoms with E-state index in [1.54, 1.807) is 20.8 Å². The Bertz CT molecular complexity index is 1130. The molecule has 1 N–H and O–H groups in total. The van der Waals surface area contributed by atoms with Gasteiger partial charge >= 0.3 is 12.1 Å². The lowest BCUT2D eigenvalue weighted by Gasteiger charge is -2.46. The Kier molecular flexibility index (Phi) is 6.77. The minimum absolute atomic E-state index is 0.279. The van der Waals surface area contributed by atoms with Crippen molar-refractivity contribution < 1.29 is 19.1 Å². The summed E-state index contributed by atoms with van der Waals surface area (Å²) in [5.74, 6) is -0.523. The Labute approximate surface area is 199 Å². The Morgan fingerprint density at radius 1 is 1.03 bits per heavy atom. The van der Waals surface area contributed by atoms with Gasteiger partial charge in [0.2, 0.25) is 5.72 Å². The van der Waals surface area contributed by atoms with Crippen molar-refractivity contribution in [2.24, 2.45) is 0 Å². The maximum atomic E-state index is 13.0. The molecule has 180 valence electrons. The van der Waals surface area contributed by atoms with E-state index in [0.29, 0.717) is 12.8 Å². The summed E-state index contributed by atoms with van der Waals surface area (Å²) in [6, 6.07) is 17.8. The first-order chi connectivity index (χ1) is 16.3. The second-order valence-corrected chi connectivity index (χ2v) is 9.58. The average Bonchev–Trinajstić information content (AvgIpc) is 3.22. The number of carbonyl (C=O) groups is 2. The SMILES string of the molecule is CC(C)(C)OC(=O)NCC(=O)OC1(N(c2ccccc2)n2ncc3ccccc32)CCCCC1. The molecule has 0 spiro atoms. The van der Waals surface area contributed by atoms with Crippen LogP contribution >= 0.6 is 0 Å². The molecule has 8 heteroatoms. The van der Waals surface area contributed by atoms with Gasteiger partial charge < -0.3 is 14.8 Å². The second kappa shape index (κ2) is 9.75. The van der Waals surface area contributed by atoms with Gasteiger partial charge in [-0.2, -0.15) is 9.89 Å². The van der Waals surface area contributed by atoms with Gasteiger partial charge in [0, 0.05) is 18.2 Å². The van der Waals surface area contributed by atoms with E-state index in [9.17, 15) is 9.59 Å². The number of aromatic nitrogens is 2. The van der Waals surface area contributed by atoms with Crippen LogP contribution in [0.2, 0.25) is 0 Å². The van der Waals surface area contributed by atoms with Gasteiger partial charge in [-0.3, -0.25) is 4.79 Å². The number of nitrogens with zero attached hydrogens (tertiary/aromatic N) is 3. The van der Waals surface area contributed by atoms with E-state index in [4.69, 9.17) is 9.47 Å². The van der Waals surface area contributed by atoms with Gasteiger partial charge in [0.1, 0.15) is 12.1 Å². The number of nitrogens with one attached hydrogen (secondary N) is 1. The third-order valence-corrected chi connectivity index (χ3v) is 5.75.